The van der Waals surface area contributed by atoms with Crippen molar-refractivity contribution in [3.8, 4) is 11.3 Å². The van der Waals surface area contributed by atoms with Gasteiger partial charge in [-0.3, -0.25) is 4.79 Å². The van der Waals surface area contributed by atoms with Crippen LogP contribution in [-0.4, -0.2) is 23.3 Å². The van der Waals surface area contributed by atoms with E-state index >= 15 is 0 Å². The number of ether oxygens (including phenoxy) is 1. The predicted molar refractivity (Wildman–Crippen MR) is 61.6 cm³/mol. The van der Waals surface area contributed by atoms with Crippen LogP contribution in [0.3, 0.4) is 0 Å². The predicted octanol–water partition coefficient (Wildman–Crippen LogP) is 1.22. The molecule has 5 nitrogen and oxygen atoms in total. The van der Waals surface area contributed by atoms with Crippen LogP contribution in [0.15, 0.2) is 41.2 Å². The second kappa shape index (κ2) is 4.61. The van der Waals surface area contributed by atoms with Gasteiger partial charge in [0.05, 0.1) is 18.4 Å². The van der Waals surface area contributed by atoms with Gasteiger partial charge in [0.2, 0.25) is 0 Å². The summed E-state index contributed by atoms with van der Waals surface area (Å²) in [5, 5.41) is 6.22. The Labute approximate surface area is 97.1 Å². The third kappa shape index (κ3) is 2.39. The molecule has 2 aromatic rings. The number of benzene rings is 1. The Kier molecular flexibility index (Phi) is 3.00. The third-order valence-electron chi connectivity index (χ3n) is 2.26. The molecule has 0 aliphatic carbocycles. The summed E-state index contributed by atoms with van der Waals surface area (Å²) in [6.07, 6.45) is 0. The molecule has 1 heterocycles. The normalized spacial score (nSPS) is 9.94. The zero-order valence-electron chi connectivity index (χ0n) is 9.14. The Hall–Kier alpha value is -2.43. The molecule has 1 aromatic heterocycles. The molecular weight excluding hydrogens is 220 g/mol. The molecule has 2 rings (SSSR count). The molecule has 17 heavy (non-hydrogen) atoms. The van der Waals surface area contributed by atoms with Gasteiger partial charge in [-0.25, -0.2) is 9.89 Å². The maximum Gasteiger partial charge on any atom is 0.337 e. The van der Waals surface area contributed by atoms with E-state index in [0.717, 1.165) is 5.56 Å². The van der Waals surface area contributed by atoms with Crippen molar-refractivity contribution >= 4 is 5.97 Å². The Morgan fingerprint density at radius 3 is 2.76 bits per heavy atom. The van der Waals surface area contributed by atoms with Gasteiger partial charge in [0.15, 0.2) is 0 Å². The first-order valence-electron chi connectivity index (χ1n) is 4.95. The van der Waals surface area contributed by atoms with Crippen molar-refractivity contribution in [1.82, 2.24) is 10.2 Å². The van der Waals surface area contributed by atoms with E-state index in [2.05, 4.69) is 14.9 Å². The lowest BCUT2D eigenvalue weighted by atomic mass is 10.1. The van der Waals surface area contributed by atoms with Crippen LogP contribution in [0, 0.1) is 0 Å². The zero-order valence-corrected chi connectivity index (χ0v) is 9.14. The van der Waals surface area contributed by atoms with E-state index in [1.54, 1.807) is 30.3 Å². The molecule has 0 radical (unpaired) electrons. The highest BCUT2D eigenvalue weighted by Crippen LogP contribution is 2.16. The monoisotopic (exact) mass is 230 g/mol. The lowest BCUT2D eigenvalue weighted by Gasteiger charge is -2.02. The maximum absolute atomic E-state index is 11.4. The van der Waals surface area contributed by atoms with E-state index in [-0.39, 0.29) is 5.56 Å². The average Bonchev–Trinajstić information content (AvgIpc) is 2.39. The highest BCUT2D eigenvalue weighted by Gasteiger charge is 2.07. The van der Waals surface area contributed by atoms with Crippen LogP contribution >= 0.6 is 0 Å². The molecule has 0 bridgehead atoms. The number of rotatable bonds is 2. The minimum atomic E-state index is -0.406. The van der Waals surface area contributed by atoms with E-state index in [1.807, 2.05) is 0 Å². The summed E-state index contributed by atoms with van der Waals surface area (Å²) in [7, 11) is 1.33. The van der Waals surface area contributed by atoms with Crippen LogP contribution in [0.1, 0.15) is 10.4 Å². The van der Waals surface area contributed by atoms with Crippen molar-refractivity contribution in [2.45, 2.75) is 0 Å². The fraction of sp³-hybridized carbons (Fsp3) is 0.0833. The molecule has 0 amide bonds. The fourth-order valence-electron chi connectivity index (χ4n) is 1.43. The quantitative estimate of drug-likeness (QED) is 0.787. The minimum absolute atomic E-state index is 0.266. The van der Waals surface area contributed by atoms with Crippen molar-refractivity contribution < 1.29 is 9.53 Å². The van der Waals surface area contributed by atoms with E-state index in [0.29, 0.717) is 11.3 Å². The standard InChI is InChI=1S/C12H10N2O3/c1-17-12(16)9-4-2-3-8(7-9)10-5-6-11(15)14-13-10/h2-7H,1H3,(H,14,15). The molecule has 0 spiro atoms. The minimum Gasteiger partial charge on any atom is -0.465 e. The number of H-pyrrole nitrogens is 1. The summed E-state index contributed by atoms with van der Waals surface area (Å²) in [5.41, 5.74) is 1.51. The van der Waals surface area contributed by atoms with Gasteiger partial charge in [-0.05, 0) is 18.2 Å². The molecule has 1 N–H and O–H groups in total. The van der Waals surface area contributed by atoms with Gasteiger partial charge in [0, 0.05) is 11.6 Å². The topological polar surface area (TPSA) is 72.1 Å². The molecule has 0 saturated heterocycles. The van der Waals surface area contributed by atoms with Gasteiger partial charge in [0.25, 0.3) is 5.56 Å². The Balaban J connectivity index is 2.42. The zero-order chi connectivity index (χ0) is 12.3. The summed E-state index contributed by atoms with van der Waals surface area (Å²) in [4.78, 5) is 22.2. The Bertz CT molecular complexity index is 584. The summed E-state index contributed by atoms with van der Waals surface area (Å²) >= 11 is 0. The Morgan fingerprint density at radius 1 is 1.29 bits per heavy atom. The number of carbonyl (C=O) groups is 1. The van der Waals surface area contributed by atoms with Crippen molar-refractivity contribution in [2.24, 2.45) is 0 Å². The number of aromatic nitrogens is 2. The van der Waals surface area contributed by atoms with Gasteiger partial charge >= 0.3 is 5.97 Å². The molecule has 0 aliphatic heterocycles. The SMILES string of the molecule is COC(=O)c1cccc(-c2ccc(=O)[nH]n2)c1. The van der Waals surface area contributed by atoms with Gasteiger partial charge in [0.1, 0.15) is 0 Å². The number of carbonyl (C=O) groups excluding carboxylic acids is 1. The van der Waals surface area contributed by atoms with Crippen molar-refractivity contribution in [3.63, 3.8) is 0 Å². The number of esters is 1. The summed E-state index contributed by atoms with van der Waals surface area (Å²) < 4.78 is 4.63. The summed E-state index contributed by atoms with van der Waals surface area (Å²) in [6, 6.07) is 9.82. The third-order valence-corrected chi connectivity index (χ3v) is 2.26. The van der Waals surface area contributed by atoms with Gasteiger partial charge < -0.3 is 4.74 Å². The molecule has 0 atom stereocenters. The maximum atomic E-state index is 11.4. The highest BCUT2D eigenvalue weighted by atomic mass is 16.5. The summed E-state index contributed by atoms with van der Waals surface area (Å²) in [6.45, 7) is 0. The highest BCUT2D eigenvalue weighted by molar-refractivity contribution is 5.90. The lowest BCUT2D eigenvalue weighted by Crippen LogP contribution is -2.06. The first kappa shape index (κ1) is 11.1. The molecule has 0 fully saturated rings. The molecule has 0 aliphatic rings. The van der Waals surface area contributed by atoms with Crippen LogP contribution in [0.4, 0.5) is 0 Å². The van der Waals surface area contributed by atoms with E-state index in [9.17, 15) is 9.59 Å². The summed E-state index contributed by atoms with van der Waals surface area (Å²) in [5.74, 6) is -0.406. The molecule has 5 heteroatoms. The average molecular weight is 230 g/mol. The second-order valence-electron chi connectivity index (χ2n) is 3.38. The largest absolute Gasteiger partial charge is 0.465 e. The van der Waals surface area contributed by atoms with Crippen molar-refractivity contribution in [2.75, 3.05) is 7.11 Å². The van der Waals surface area contributed by atoms with Crippen molar-refractivity contribution in [3.05, 3.63) is 52.3 Å². The van der Waals surface area contributed by atoms with Crippen LogP contribution in [0.2, 0.25) is 0 Å². The number of hydrogen-bond acceptors (Lipinski definition) is 4. The van der Waals surface area contributed by atoms with E-state index in [4.69, 9.17) is 0 Å². The van der Waals surface area contributed by atoms with Gasteiger partial charge in [-0.2, -0.15) is 5.10 Å². The number of nitrogens with one attached hydrogen (secondary N) is 1. The van der Waals surface area contributed by atoms with Gasteiger partial charge in [-0.15, -0.1) is 0 Å². The van der Waals surface area contributed by atoms with Crippen LogP contribution in [0.5, 0.6) is 0 Å². The lowest BCUT2D eigenvalue weighted by molar-refractivity contribution is 0.0601. The van der Waals surface area contributed by atoms with Crippen LogP contribution in [-0.2, 0) is 4.74 Å². The number of methoxy groups -OCH3 is 1. The molecule has 1 aromatic carbocycles. The number of aromatic amines is 1. The van der Waals surface area contributed by atoms with Crippen LogP contribution in [0.25, 0.3) is 11.3 Å². The second-order valence-corrected chi connectivity index (χ2v) is 3.38. The smallest absolute Gasteiger partial charge is 0.337 e. The molecule has 0 saturated carbocycles. The molecule has 0 unspecified atom stereocenters. The first-order valence-corrected chi connectivity index (χ1v) is 4.95. The fourth-order valence-corrected chi connectivity index (χ4v) is 1.43. The van der Waals surface area contributed by atoms with Crippen LogP contribution < -0.4 is 5.56 Å². The number of nitrogens with zero attached hydrogens (tertiary/aromatic N) is 1. The molecular formula is C12H10N2O3. The van der Waals surface area contributed by atoms with Gasteiger partial charge in [-0.1, -0.05) is 12.1 Å². The van der Waals surface area contributed by atoms with E-state index in [1.165, 1.54) is 13.2 Å². The molecule has 86 valence electrons. The first-order chi connectivity index (χ1) is 8.20. The number of hydrogen-bond donors (Lipinski definition) is 1. The van der Waals surface area contributed by atoms with E-state index < -0.39 is 5.97 Å². The van der Waals surface area contributed by atoms with Crippen molar-refractivity contribution in [1.29, 1.82) is 0 Å². The Morgan fingerprint density at radius 2 is 2.12 bits per heavy atom.